The molecule has 3 nitrogen and oxygen atoms in total. The van der Waals surface area contributed by atoms with Crippen molar-refractivity contribution in [2.24, 2.45) is 0 Å². The van der Waals surface area contributed by atoms with E-state index in [2.05, 4.69) is 15.9 Å². The van der Waals surface area contributed by atoms with E-state index in [1.54, 1.807) is 6.07 Å². The molecule has 0 bridgehead atoms. The average Bonchev–Trinajstić information content (AvgIpc) is 2.34. The molecule has 1 aromatic rings. The standard InChI is InChI=1S/C7H8NO2/c1-5-3-4-8-6(5)7(9)10-2/h3,8H,1-2H3. The van der Waals surface area contributed by atoms with E-state index in [0.717, 1.165) is 5.56 Å². The quantitative estimate of drug-likeness (QED) is 0.586. The summed E-state index contributed by atoms with van der Waals surface area (Å²) >= 11 is 0. The van der Waals surface area contributed by atoms with E-state index in [-0.39, 0.29) is 5.97 Å². The monoisotopic (exact) mass is 138 g/mol. The number of aromatic amines is 1. The lowest BCUT2D eigenvalue weighted by molar-refractivity contribution is 0.0594. The molecule has 0 saturated heterocycles. The fourth-order valence-electron chi connectivity index (χ4n) is 0.701. The molecule has 1 heterocycles. The van der Waals surface area contributed by atoms with Crippen molar-refractivity contribution in [3.05, 3.63) is 23.5 Å². The molecule has 53 valence electrons. The van der Waals surface area contributed by atoms with E-state index in [0.29, 0.717) is 5.69 Å². The van der Waals surface area contributed by atoms with Crippen molar-refractivity contribution in [2.75, 3.05) is 7.11 Å². The second kappa shape index (κ2) is 2.56. The molecule has 0 spiro atoms. The molecule has 1 radical (unpaired) electrons. The van der Waals surface area contributed by atoms with Gasteiger partial charge in [-0.05, 0) is 18.6 Å². The second-order valence-electron chi connectivity index (χ2n) is 1.96. The summed E-state index contributed by atoms with van der Waals surface area (Å²) in [6, 6.07) is 1.70. The summed E-state index contributed by atoms with van der Waals surface area (Å²) in [6.45, 7) is 1.82. The van der Waals surface area contributed by atoms with Gasteiger partial charge in [-0.3, -0.25) is 0 Å². The van der Waals surface area contributed by atoms with Gasteiger partial charge >= 0.3 is 5.97 Å². The predicted molar refractivity (Wildman–Crippen MR) is 35.7 cm³/mol. The van der Waals surface area contributed by atoms with Gasteiger partial charge in [0.1, 0.15) is 5.69 Å². The van der Waals surface area contributed by atoms with Gasteiger partial charge in [0.05, 0.1) is 13.3 Å². The lowest BCUT2D eigenvalue weighted by Crippen LogP contribution is -2.02. The molecular weight excluding hydrogens is 130 g/mol. The van der Waals surface area contributed by atoms with Crippen molar-refractivity contribution in [2.45, 2.75) is 6.92 Å². The highest BCUT2D eigenvalue weighted by Gasteiger charge is 2.08. The first kappa shape index (κ1) is 6.86. The SMILES string of the molecule is COC(=O)c1[nH][c]cc1C. The molecule has 0 fully saturated rings. The number of ether oxygens (including phenoxy) is 1. The van der Waals surface area contributed by atoms with Crippen LogP contribution in [-0.2, 0) is 4.74 Å². The molecule has 1 rings (SSSR count). The van der Waals surface area contributed by atoms with Gasteiger partial charge in [-0.2, -0.15) is 0 Å². The Bertz CT molecular complexity index is 240. The van der Waals surface area contributed by atoms with Crippen molar-refractivity contribution in [1.82, 2.24) is 4.98 Å². The first-order valence-electron chi connectivity index (χ1n) is 2.89. The van der Waals surface area contributed by atoms with Gasteiger partial charge in [0.15, 0.2) is 0 Å². The summed E-state index contributed by atoms with van der Waals surface area (Å²) < 4.78 is 4.49. The zero-order chi connectivity index (χ0) is 7.56. The highest BCUT2D eigenvalue weighted by atomic mass is 16.5. The molecule has 3 heteroatoms. The van der Waals surface area contributed by atoms with Gasteiger partial charge in [-0.25, -0.2) is 4.79 Å². The van der Waals surface area contributed by atoms with E-state index < -0.39 is 0 Å². The maximum absolute atomic E-state index is 10.8. The smallest absolute Gasteiger partial charge is 0.354 e. The largest absolute Gasteiger partial charge is 0.464 e. The number of rotatable bonds is 1. The highest BCUT2D eigenvalue weighted by molar-refractivity contribution is 5.88. The van der Waals surface area contributed by atoms with E-state index in [9.17, 15) is 4.79 Å². The van der Waals surface area contributed by atoms with Crippen LogP contribution in [0.1, 0.15) is 16.1 Å². The third-order valence-corrected chi connectivity index (χ3v) is 1.27. The van der Waals surface area contributed by atoms with Crippen LogP contribution in [0.25, 0.3) is 0 Å². The van der Waals surface area contributed by atoms with Crippen LogP contribution in [0.4, 0.5) is 0 Å². The molecule has 0 atom stereocenters. The molecule has 0 aliphatic carbocycles. The minimum absolute atomic E-state index is 0.348. The van der Waals surface area contributed by atoms with Crippen LogP contribution in [0.15, 0.2) is 6.07 Å². The summed E-state index contributed by atoms with van der Waals surface area (Å²) in [4.78, 5) is 13.5. The van der Waals surface area contributed by atoms with Crippen LogP contribution in [0.2, 0.25) is 0 Å². The van der Waals surface area contributed by atoms with Crippen LogP contribution in [-0.4, -0.2) is 18.1 Å². The third-order valence-electron chi connectivity index (χ3n) is 1.27. The Morgan fingerprint density at radius 2 is 2.50 bits per heavy atom. The number of carbonyl (C=O) groups excluding carboxylic acids is 1. The number of carbonyl (C=O) groups is 1. The molecule has 0 saturated carbocycles. The molecule has 0 aromatic carbocycles. The Labute approximate surface area is 59.0 Å². The Morgan fingerprint density at radius 3 is 2.90 bits per heavy atom. The van der Waals surface area contributed by atoms with Crippen LogP contribution >= 0.6 is 0 Å². The maximum atomic E-state index is 10.8. The zero-order valence-corrected chi connectivity index (χ0v) is 5.89. The van der Waals surface area contributed by atoms with E-state index in [1.165, 1.54) is 7.11 Å². The first-order chi connectivity index (χ1) is 4.75. The number of H-pyrrole nitrogens is 1. The Kier molecular flexibility index (Phi) is 1.76. The second-order valence-corrected chi connectivity index (χ2v) is 1.96. The lowest BCUT2D eigenvalue weighted by Gasteiger charge is -1.94. The van der Waals surface area contributed by atoms with Gasteiger partial charge < -0.3 is 9.72 Å². The van der Waals surface area contributed by atoms with Gasteiger partial charge in [0.2, 0.25) is 0 Å². The molecular formula is C7H8NO2. The number of aryl methyl sites for hydroxylation is 1. The van der Waals surface area contributed by atoms with E-state index in [4.69, 9.17) is 0 Å². The number of methoxy groups -OCH3 is 1. The van der Waals surface area contributed by atoms with Gasteiger partial charge in [0, 0.05) is 0 Å². The van der Waals surface area contributed by atoms with Gasteiger partial charge in [0.25, 0.3) is 0 Å². The third kappa shape index (κ3) is 1.03. The molecule has 10 heavy (non-hydrogen) atoms. The molecule has 0 amide bonds. The predicted octanol–water partition coefficient (Wildman–Crippen LogP) is 0.910. The number of esters is 1. The minimum Gasteiger partial charge on any atom is -0.464 e. The normalized spacial score (nSPS) is 9.40. The zero-order valence-electron chi connectivity index (χ0n) is 5.89. The van der Waals surface area contributed by atoms with E-state index >= 15 is 0 Å². The minimum atomic E-state index is -0.348. The van der Waals surface area contributed by atoms with Crippen LogP contribution in [0.5, 0.6) is 0 Å². The van der Waals surface area contributed by atoms with Crippen LogP contribution in [0.3, 0.4) is 0 Å². The average molecular weight is 138 g/mol. The van der Waals surface area contributed by atoms with Crippen molar-refractivity contribution in [3.63, 3.8) is 0 Å². The summed E-state index contributed by atoms with van der Waals surface area (Å²) in [7, 11) is 1.35. The molecule has 1 N–H and O–H groups in total. The van der Waals surface area contributed by atoms with Crippen LogP contribution < -0.4 is 0 Å². The molecule has 0 aliphatic rings. The van der Waals surface area contributed by atoms with Gasteiger partial charge in [-0.1, -0.05) is 0 Å². The highest BCUT2D eigenvalue weighted by Crippen LogP contribution is 2.04. The van der Waals surface area contributed by atoms with Crippen molar-refractivity contribution in [3.8, 4) is 0 Å². The molecule has 0 aliphatic heterocycles. The Hall–Kier alpha value is -1.25. The maximum Gasteiger partial charge on any atom is 0.354 e. The number of hydrogen-bond donors (Lipinski definition) is 1. The topological polar surface area (TPSA) is 42.1 Å². The molecule has 1 aromatic heterocycles. The van der Waals surface area contributed by atoms with E-state index in [1.807, 2.05) is 6.92 Å². The van der Waals surface area contributed by atoms with Gasteiger partial charge in [-0.15, -0.1) is 0 Å². The number of aromatic nitrogens is 1. The fourth-order valence-corrected chi connectivity index (χ4v) is 0.701. The lowest BCUT2D eigenvalue weighted by atomic mass is 10.3. The Morgan fingerprint density at radius 1 is 1.80 bits per heavy atom. The summed E-state index contributed by atoms with van der Waals surface area (Å²) in [6.07, 6.45) is 2.69. The van der Waals surface area contributed by atoms with Crippen molar-refractivity contribution >= 4 is 5.97 Å². The Balaban J connectivity index is 2.93. The molecule has 0 unspecified atom stereocenters. The van der Waals surface area contributed by atoms with Crippen molar-refractivity contribution < 1.29 is 9.53 Å². The van der Waals surface area contributed by atoms with Crippen LogP contribution in [0, 0.1) is 13.1 Å². The summed E-state index contributed by atoms with van der Waals surface area (Å²) in [5.74, 6) is -0.348. The fraction of sp³-hybridized carbons (Fsp3) is 0.286. The summed E-state index contributed by atoms with van der Waals surface area (Å²) in [5, 5.41) is 0. The number of hydrogen-bond acceptors (Lipinski definition) is 2. The van der Waals surface area contributed by atoms with Crippen molar-refractivity contribution in [1.29, 1.82) is 0 Å². The first-order valence-corrected chi connectivity index (χ1v) is 2.89. The number of nitrogens with one attached hydrogen (secondary N) is 1. The summed E-state index contributed by atoms with van der Waals surface area (Å²) in [5.41, 5.74) is 1.33.